The smallest absolute Gasteiger partial charge is 0.321 e. The molecule has 0 aromatic heterocycles. The van der Waals surface area contributed by atoms with E-state index in [2.05, 4.69) is 43.6 Å². The summed E-state index contributed by atoms with van der Waals surface area (Å²) < 4.78 is 0. The van der Waals surface area contributed by atoms with Crippen LogP contribution in [0.5, 0.6) is 0 Å². The van der Waals surface area contributed by atoms with Crippen molar-refractivity contribution in [2.24, 2.45) is 10.8 Å². The Balaban J connectivity index is 1.37. The van der Waals surface area contributed by atoms with Crippen molar-refractivity contribution in [2.45, 2.75) is 57.5 Å². The molecule has 170 valence electrons. The molecule has 6 heteroatoms. The minimum absolute atomic E-state index is 0.127. The Kier molecular flexibility index (Phi) is 6.01. The number of nitrogens with zero attached hydrogens (tertiary/aromatic N) is 2. The summed E-state index contributed by atoms with van der Waals surface area (Å²) >= 11 is 4.26. The topological polar surface area (TPSA) is 52.7 Å². The molecule has 1 aliphatic heterocycles. The lowest BCUT2D eigenvalue weighted by Gasteiger charge is -2.39. The minimum Gasteiger partial charge on any atom is -0.335 e. The standard InChI is InChI=1S/C26H33N3O2S/c1-25(2)13-21-14-26(3,16-25)17-29(21)23(30)19-7-5-18(6-8-19)15-28(4)24(31)27-20-9-11-22(32)12-10-20/h5-12,21,32H,13-17H2,1-4H3,(H,27,31). The van der Waals surface area contributed by atoms with Crippen molar-refractivity contribution in [3.8, 4) is 0 Å². The van der Waals surface area contributed by atoms with E-state index in [0.29, 0.717) is 12.6 Å². The Morgan fingerprint density at radius 2 is 1.72 bits per heavy atom. The van der Waals surface area contributed by atoms with Crippen molar-refractivity contribution in [2.75, 3.05) is 18.9 Å². The number of amides is 3. The maximum atomic E-state index is 13.3. The Labute approximate surface area is 196 Å². The number of carbonyl (C=O) groups excluding carboxylic acids is 2. The molecule has 2 aliphatic rings. The van der Waals surface area contributed by atoms with Crippen LogP contribution in [0.4, 0.5) is 10.5 Å². The fourth-order valence-electron chi connectivity index (χ4n) is 5.73. The highest BCUT2D eigenvalue weighted by atomic mass is 32.1. The number of anilines is 1. The second-order valence-electron chi connectivity index (χ2n) is 10.7. The number of benzene rings is 2. The number of carbonyl (C=O) groups is 2. The third-order valence-electron chi connectivity index (χ3n) is 6.76. The van der Waals surface area contributed by atoms with E-state index in [0.717, 1.165) is 41.1 Å². The lowest BCUT2D eigenvalue weighted by Crippen LogP contribution is -2.37. The molecule has 1 heterocycles. The van der Waals surface area contributed by atoms with Gasteiger partial charge in [-0.1, -0.05) is 32.9 Å². The van der Waals surface area contributed by atoms with Gasteiger partial charge in [-0.15, -0.1) is 12.6 Å². The van der Waals surface area contributed by atoms with E-state index in [-0.39, 0.29) is 22.8 Å². The SMILES string of the molecule is CN(Cc1ccc(C(=O)N2CC3(C)CC2CC(C)(C)C3)cc1)C(=O)Nc1ccc(S)cc1. The molecule has 3 amide bonds. The number of hydrogen-bond acceptors (Lipinski definition) is 3. The van der Waals surface area contributed by atoms with E-state index in [1.54, 1.807) is 11.9 Å². The monoisotopic (exact) mass is 451 g/mol. The van der Waals surface area contributed by atoms with E-state index < -0.39 is 0 Å². The largest absolute Gasteiger partial charge is 0.335 e. The molecule has 1 N–H and O–H groups in total. The molecule has 1 saturated heterocycles. The highest BCUT2D eigenvalue weighted by Crippen LogP contribution is 2.52. The summed E-state index contributed by atoms with van der Waals surface area (Å²) in [5, 5.41) is 2.88. The summed E-state index contributed by atoms with van der Waals surface area (Å²) in [6, 6.07) is 15.1. The third-order valence-corrected chi connectivity index (χ3v) is 7.06. The first kappa shape index (κ1) is 22.7. The van der Waals surface area contributed by atoms with Crippen molar-refractivity contribution in [3.05, 3.63) is 59.7 Å². The molecule has 0 spiro atoms. The molecule has 2 aromatic carbocycles. The molecule has 32 heavy (non-hydrogen) atoms. The molecule has 2 bridgehead atoms. The van der Waals surface area contributed by atoms with Gasteiger partial charge in [0.1, 0.15) is 0 Å². The van der Waals surface area contributed by atoms with Crippen molar-refractivity contribution in [1.29, 1.82) is 0 Å². The molecule has 1 saturated carbocycles. The number of thiol groups is 1. The number of fused-ring (bicyclic) bond motifs is 2. The summed E-state index contributed by atoms with van der Waals surface area (Å²) in [5.74, 6) is 0.127. The van der Waals surface area contributed by atoms with Gasteiger partial charge in [-0.05, 0) is 72.1 Å². The van der Waals surface area contributed by atoms with Crippen LogP contribution in [0.25, 0.3) is 0 Å². The number of likely N-dealkylation sites (tertiary alicyclic amines) is 1. The van der Waals surface area contributed by atoms with Gasteiger partial charge in [-0.3, -0.25) is 4.79 Å². The molecule has 2 unspecified atom stereocenters. The molecule has 1 aliphatic carbocycles. The van der Waals surface area contributed by atoms with Gasteiger partial charge in [0.15, 0.2) is 0 Å². The van der Waals surface area contributed by atoms with Crippen LogP contribution in [-0.2, 0) is 6.54 Å². The number of urea groups is 1. The second-order valence-corrected chi connectivity index (χ2v) is 11.2. The highest BCUT2D eigenvalue weighted by molar-refractivity contribution is 7.80. The van der Waals surface area contributed by atoms with Crippen LogP contribution in [0.15, 0.2) is 53.4 Å². The molecule has 5 nitrogen and oxygen atoms in total. The van der Waals surface area contributed by atoms with Gasteiger partial charge in [0, 0.05) is 42.3 Å². The predicted molar refractivity (Wildman–Crippen MR) is 131 cm³/mol. The first-order valence-electron chi connectivity index (χ1n) is 11.2. The lowest BCUT2D eigenvalue weighted by atomic mass is 9.65. The van der Waals surface area contributed by atoms with E-state index in [1.165, 1.54) is 6.42 Å². The zero-order valence-corrected chi connectivity index (χ0v) is 20.3. The number of nitrogens with one attached hydrogen (secondary N) is 1. The zero-order valence-electron chi connectivity index (χ0n) is 19.4. The average Bonchev–Trinajstić information content (AvgIpc) is 2.98. The van der Waals surface area contributed by atoms with E-state index in [4.69, 9.17) is 0 Å². The van der Waals surface area contributed by atoms with Crippen LogP contribution in [-0.4, -0.2) is 41.4 Å². The summed E-state index contributed by atoms with van der Waals surface area (Å²) in [5.41, 5.74) is 2.95. The molecule has 2 fully saturated rings. The van der Waals surface area contributed by atoms with Crippen molar-refractivity contribution >= 4 is 30.3 Å². The van der Waals surface area contributed by atoms with Crippen molar-refractivity contribution in [1.82, 2.24) is 9.80 Å². The van der Waals surface area contributed by atoms with Gasteiger partial charge in [0.2, 0.25) is 0 Å². The van der Waals surface area contributed by atoms with Gasteiger partial charge in [-0.25, -0.2) is 4.79 Å². The lowest BCUT2D eigenvalue weighted by molar-refractivity contribution is 0.0708. The Bertz CT molecular complexity index is 1000. The van der Waals surface area contributed by atoms with Crippen LogP contribution in [0.2, 0.25) is 0 Å². The molecule has 2 atom stereocenters. The summed E-state index contributed by atoms with van der Waals surface area (Å²) in [7, 11) is 1.76. The fourth-order valence-corrected chi connectivity index (χ4v) is 5.87. The van der Waals surface area contributed by atoms with Crippen molar-refractivity contribution in [3.63, 3.8) is 0 Å². The highest BCUT2D eigenvalue weighted by Gasteiger charge is 2.50. The quantitative estimate of drug-likeness (QED) is 0.588. The van der Waals surface area contributed by atoms with Gasteiger partial charge in [0.25, 0.3) is 5.91 Å². The first-order valence-corrected chi connectivity index (χ1v) is 11.7. The zero-order chi connectivity index (χ0) is 23.1. The summed E-state index contributed by atoms with van der Waals surface area (Å²) in [6.45, 7) is 8.28. The minimum atomic E-state index is -0.183. The summed E-state index contributed by atoms with van der Waals surface area (Å²) in [6.07, 6.45) is 3.35. The van der Waals surface area contributed by atoms with Crippen LogP contribution < -0.4 is 5.32 Å². The van der Waals surface area contributed by atoms with Gasteiger partial charge < -0.3 is 15.1 Å². The van der Waals surface area contributed by atoms with Crippen LogP contribution >= 0.6 is 12.6 Å². The van der Waals surface area contributed by atoms with E-state index >= 15 is 0 Å². The number of hydrogen-bond donors (Lipinski definition) is 2. The van der Waals surface area contributed by atoms with E-state index in [1.807, 2.05) is 48.5 Å². The maximum absolute atomic E-state index is 13.3. The van der Waals surface area contributed by atoms with Crippen molar-refractivity contribution < 1.29 is 9.59 Å². The molecule has 0 radical (unpaired) electrons. The first-order chi connectivity index (χ1) is 15.0. The average molecular weight is 452 g/mol. The molecule has 2 aromatic rings. The van der Waals surface area contributed by atoms with E-state index in [9.17, 15) is 9.59 Å². The fraction of sp³-hybridized carbons (Fsp3) is 0.462. The second kappa shape index (κ2) is 8.47. The van der Waals surface area contributed by atoms with Crippen LogP contribution in [0.3, 0.4) is 0 Å². The van der Waals surface area contributed by atoms with Gasteiger partial charge in [-0.2, -0.15) is 0 Å². The number of rotatable bonds is 4. The molecular formula is C26H33N3O2S. The summed E-state index contributed by atoms with van der Waals surface area (Å²) in [4.78, 5) is 30.3. The Morgan fingerprint density at radius 3 is 2.38 bits per heavy atom. The van der Waals surface area contributed by atoms with Gasteiger partial charge in [0.05, 0.1) is 0 Å². The Morgan fingerprint density at radius 1 is 1.06 bits per heavy atom. The maximum Gasteiger partial charge on any atom is 0.321 e. The predicted octanol–water partition coefficient (Wildman–Crippen LogP) is 5.68. The molecule has 4 rings (SSSR count). The third kappa shape index (κ3) is 4.96. The van der Waals surface area contributed by atoms with Crippen LogP contribution in [0, 0.1) is 10.8 Å². The van der Waals surface area contributed by atoms with Gasteiger partial charge >= 0.3 is 6.03 Å². The Hall–Kier alpha value is -2.47. The normalized spacial score (nSPS) is 23.7. The molecular weight excluding hydrogens is 418 g/mol. The van der Waals surface area contributed by atoms with Crippen LogP contribution in [0.1, 0.15) is 56.0 Å².